The molecule has 0 saturated heterocycles. The van der Waals surface area contributed by atoms with Crippen molar-refractivity contribution in [2.45, 2.75) is 0 Å². The fourth-order valence-corrected chi connectivity index (χ4v) is 7.43. The quantitative estimate of drug-likeness (QED) is 0.199. The van der Waals surface area contributed by atoms with Crippen molar-refractivity contribution in [1.82, 2.24) is 0 Å². The maximum Gasteiger partial charge on any atom is 0.265 e. The monoisotopic (exact) mass is 556 g/mol. The number of para-hydroxylation sites is 1. The van der Waals surface area contributed by atoms with Gasteiger partial charge in [0.1, 0.15) is 0 Å². The predicted molar refractivity (Wildman–Crippen MR) is 168 cm³/mol. The zero-order chi connectivity index (χ0) is 27.4. The van der Waals surface area contributed by atoms with Gasteiger partial charge in [-0.05, 0) is 77.2 Å². The van der Waals surface area contributed by atoms with E-state index in [9.17, 15) is 9.59 Å². The van der Waals surface area contributed by atoms with Crippen LogP contribution in [-0.2, 0) is 0 Å². The molecule has 6 aromatic rings. The van der Waals surface area contributed by atoms with Crippen molar-refractivity contribution >= 4 is 56.6 Å². The third-order valence-electron chi connectivity index (χ3n) is 7.31. The van der Waals surface area contributed by atoms with Crippen LogP contribution in [0.15, 0.2) is 109 Å². The molecule has 40 heavy (non-hydrogen) atoms. The van der Waals surface area contributed by atoms with Crippen LogP contribution in [0.2, 0.25) is 0 Å². The van der Waals surface area contributed by atoms with E-state index in [1.807, 2.05) is 62.6 Å². The average molecular weight is 557 g/mol. The Morgan fingerprint density at radius 2 is 1.15 bits per heavy atom. The molecule has 7 rings (SSSR count). The summed E-state index contributed by atoms with van der Waals surface area (Å²) < 4.78 is 0. The van der Waals surface area contributed by atoms with Crippen molar-refractivity contribution in [2.24, 2.45) is 0 Å². The molecule has 0 aliphatic carbocycles. The zero-order valence-corrected chi connectivity index (χ0v) is 23.6. The first-order valence-corrected chi connectivity index (χ1v) is 14.6. The minimum atomic E-state index is -0.289. The van der Waals surface area contributed by atoms with E-state index in [0.29, 0.717) is 16.8 Å². The van der Waals surface area contributed by atoms with Gasteiger partial charge >= 0.3 is 0 Å². The highest BCUT2D eigenvalue weighted by Crippen LogP contribution is 2.44. The molecule has 0 fully saturated rings. The van der Waals surface area contributed by atoms with Gasteiger partial charge in [-0.1, -0.05) is 48.5 Å². The van der Waals surface area contributed by atoms with Gasteiger partial charge in [0.15, 0.2) is 0 Å². The second-order valence-corrected chi connectivity index (χ2v) is 12.1. The smallest absolute Gasteiger partial charge is 0.265 e. The SMILES string of the molecule is CN(C)c1ccc(-c2ccc(-c3ccc(-c4ccc5c6c(cccc46)C(=O)N(c4ccccc4)C5=O)s3)s2)cc1. The van der Waals surface area contributed by atoms with E-state index < -0.39 is 0 Å². The van der Waals surface area contributed by atoms with E-state index in [0.717, 1.165) is 21.2 Å². The number of rotatable bonds is 5. The molecular weight excluding hydrogens is 533 g/mol. The topological polar surface area (TPSA) is 40.6 Å². The third-order valence-corrected chi connectivity index (χ3v) is 9.76. The molecule has 6 heteroatoms. The summed E-state index contributed by atoms with van der Waals surface area (Å²) in [5.41, 5.74) is 5.11. The van der Waals surface area contributed by atoms with Gasteiger partial charge in [0.2, 0.25) is 0 Å². The van der Waals surface area contributed by atoms with Crippen LogP contribution in [0.1, 0.15) is 20.7 Å². The van der Waals surface area contributed by atoms with Gasteiger partial charge < -0.3 is 4.90 Å². The molecule has 4 aromatic carbocycles. The molecule has 2 amide bonds. The molecule has 194 valence electrons. The van der Waals surface area contributed by atoms with Crippen molar-refractivity contribution in [3.63, 3.8) is 0 Å². The molecule has 1 aliphatic heterocycles. The molecule has 0 spiro atoms. The highest BCUT2D eigenvalue weighted by Gasteiger charge is 2.34. The summed E-state index contributed by atoms with van der Waals surface area (Å²) in [5, 5.41) is 1.65. The number of hydrogen-bond donors (Lipinski definition) is 0. The summed E-state index contributed by atoms with van der Waals surface area (Å²) in [4.78, 5) is 35.2. The van der Waals surface area contributed by atoms with E-state index in [-0.39, 0.29) is 11.8 Å². The largest absolute Gasteiger partial charge is 0.378 e. The zero-order valence-electron chi connectivity index (χ0n) is 21.9. The Morgan fingerprint density at radius 3 is 1.85 bits per heavy atom. The number of anilines is 2. The summed E-state index contributed by atoms with van der Waals surface area (Å²) in [7, 11) is 4.09. The van der Waals surface area contributed by atoms with E-state index in [1.165, 1.54) is 30.8 Å². The Hall–Kier alpha value is -4.52. The van der Waals surface area contributed by atoms with Gasteiger partial charge in [0, 0.05) is 55.8 Å². The van der Waals surface area contributed by atoms with E-state index in [2.05, 4.69) is 53.4 Å². The number of nitrogens with zero attached hydrogens (tertiary/aromatic N) is 2. The number of carbonyl (C=O) groups is 2. The van der Waals surface area contributed by atoms with Gasteiger partial charge in [0.25, 0.3) is 11.8 Å². The molecular formula is C34H24N2O2S2. The lowest BCUT2D eigenvalue weighted by atomic mass is 9.90. The molecule has 0 N–H and O–H groups in total. The normalized spacial score (nSPS) is 12.8. The van der Waals surface area contributed by atoms with Crippen molar-refractivity contribution in [3.8, 4) is 30.6 Å². The molecule has 2 aromatic heterocycles. The van der Waals surface area contributed by atoms with Crippen LogP contribution < -0.4 is 9.80 Å². The van der Waals surface area contributed by atoms with Gasteiger partial charge in [-0.3, -0.25) is 9.59 Å². The standard InChI is InChI=1S/C34H24N2O2S2/c1-35(2)22-13-11-21(12-14-22)28-17-19-30(39-28)31-20-18-29(40-31)24-15-16-27-32-25(24)9-6-10-26(32)33(37)36(34(27)38)23-7-4-3-5-8-23/h3-20H,1-2H3. The molecule has 3 heterocycles. The van der Waals surface area contributed by atoms with Crippen molar-refractivity contribution < 1.29 is 9.59 Å². The molecule has 0 atom stereocenters. The summed E-state index contributed by atoms with van der Waals surface area (Å²) in [5.74, 6) is -0.578. The lowest BCUT2D eigenvalue weighted by Gasteiger charge is -2.27. The van der Waals surface area contributed by atoms with Crippen LogP contribution in [-0.4, -0.2) is 25.9 Å². The van der Waals surface area contributed by atoms with Crippen LogP contribution in [0.4, 0.5) is 11.4 Å². The van der Waals surface area contributed by atoms with Crippen LogP contribution in [0.5, 0.6) is 0 Å². The molecule has 0 bridgehead atoms. The Balaban J connectivity index is 1.25. The Morgan fingerprint density at radius 1 is 0.550 bits per heavy atom. The lowest BCUT2D eigenvalue weighted by molar-refractivity contribution is 0.0893. The second kappa shape index (κ2) is 9.59. The number of benzene rings is 4. The summed E-state index contributed by atoms with van der Waals surface area (Å²) >= 11 is 3.51. The summed E-state index contributed by atoms with van der Waals surface area (Å²) in [6.07, 6.45) is 0. The van der Waals surface area contributed by atoms with Gasteiger partial charge in [0.05, 0.1) is 5.69 Å². The lowest BCUT2D eigenvalue weighted by Crippen LogP contribution is -2.40. The van der Waals surface area contributed by atoms with Crippen molar-refractivity contribution in [3.05, 3.63) is 120 Å². The Bertz CT molecular complexity index is 1900. The number of amides is 2. The second-order valence-electron chi connectivity index (χ2n) is 9.94. The predicted octanol–water partition coefficient (Wildman–Crippen LogP) is 8.83. The maximum absolute atomic E-state index is 13.5. The molecule has 1 aliphatic rings. The fourth-order valence-electron chi connectivity index (χ4n) is 5.29. The Labute approximate surface area is 240 Å². The first-order valence-electron chi connectivity index (χ1n) is 13.0. The molecule has 0 saturated carbocycles. The van der Waals surface area contributed by atoms with Gasteiger partial charge in [-0.15, -0.1) is 22.7 Å². The van der Waals surface area contributed by atoms with Crippen LogP contribution in [0.25, 0.3) is 41.4 Å². The van der Waals surface area contributed by atoms with Crippen LogP contribution >= 0.6 is 22.7 Å². The molecule has 0 radical (unpaired) electrons. The molecule has 4 nitrogen and oxygen atoms in total. The number of carbonyl (C=O) groups excluding carboxylic acids is 2. The van der Waals surface area contributed by atoms with E-state index in [1.54, 1.807) is 34.8 Å². The van der Waals surface area contributed by atoms with E-state index >= 15 is 0 Å². The van der Waals surface area contributed by atoms with Crippen molar-refractivity contribution in [1.29, 1.82) is 0 Å². The van der Waals surface area contributed by atoms with Gasteiger partial charge in [-0.2, -0.15) is 0 Å². The minimum Gasteiger partial charge on any atom is -0.378 e. The number of thiophene rings is 2. The fraction of sp³-hybridized carbons (Fsp3) is 0.0588. The number of imide groups is 1. The minimum absolute atomic E-state index is 0.289. The van der Waals surface area contributed by atoms with Crippen LogP contribution in [0, 0.1) is 0 Å². The average Bonchev–Trinajstić information content (AvgIpc) is 3.67. The number of hydrogen-bond acceptors (Lipinski definition) is 5. The highest BCUT2D eigenvalue weighted by molar-refractivity contribution is 7.25. The third kappa shape index (κ3) is 3.96. The van der Waals surface area contributed by atoms with Crippen LogP contribution in [0.3, 0.4) is 0 Å². The maximum atomic E-state index is 13.5. The molecule has 0 unspecified atom stereocenters. The Kier molecular flexibility index (Phi) is 5.88. The van der Waals surface area contributed by atoms with Crippen molar-refractivity contribution in [2.75, 3.05) is 23.9 Å². The van der Waals surface area contributed by atoms with Gasteiger partial charge in [-0.25, -0.2) is 4.90 Å². The first kappa shape index (κ1) is 24.5. The van der Waals surface area contributed by atoms with E-state index in [4.69, 9.17) is 0 Å². The highest BCUT2D eigenvalue weighted by atomic mass is 32.1. The summed E-state index contributed by atoms with van der Waals surface area (Å²) in [6.45, 7) is 0. The first-order chi connectivity index (χ1) is 19.5. The summed E-state index contributed by atoms with van der Waals surface area (Å²) in [6, 6.07) is 36.0.